The molecule has 2 unspecified atom stereocenters. The van der Waals surface area contributed by atoms with E-state index in [2.05, 4.69) is 10.2 Å². The molecular formula is C11H23N3O2. The van der Waals surface area contributed by atoms with Crippen LogP contribution in [0.5, 0.6) is 0 Å². The van der Waals surface area contributed by atoms with Crippen molar-refractivity contribution < 1.29 is 9.53 Å². The largest absolute Gasteiger partial charge is 0.378 e. The fraction of sp³-hybridized carbons (Fsp3) is 0.909. The lowest BCUT2D eigenvalue weighted by molar-refractivity contribution is -0.130. The number of nitrogens with two attached hydrogens (primary N) is 1. The normalized spacial score (nSPS) is 24.4. The standard InChI is InChI=1S/C11H23N3O2/c1-8(2)13-11(15)9(3)14-4-5-16-7-10(14)6-12/h8-10H,4-7,12H2,1-3H3,(H,13,15). The van der Waals surface area contributed by atoms with Crippen molar-refractivity contribution in [2.75, 3.05) is 26.3 Å². The SMILES string of the molecule is CC(C)NC(=O)C(C)N1CCOCC1CN. The zero-order valence-electron chi connectivity index (χ0n) is 10.4. The quantitative estimate of drug-likeness (QED) is 0.686. The Kier molecular flexibility index (Phi) is 5.18. The van der Waals surface area contributed by atoms with Crippen LogP contribution in [0.3, 0.4) is 0 Å². The summed E-state index contributed by atoms with van der Waals surface area (Å²) in [4.78, 5) is 14.0. The maximum absolute atomic E-state index is 11.9. The van der Waals surface area contributed by atoms with Crippen LogP contribution < -0.4 is 11.1 Å². The number of ether oxygens (including phenoxy) is 1. The summed E-state index contributed by atoms with van der Waals surface area (Å²) < 4.78 is 5.36. The molecule has 0 aromatic carbocycles. The lowest BCUT2D eigenvalue weighted by Crippen LogP contribution is -2.57. The van der Waals surface area contributed by atoms with Crippen LogP contribution in [0, 0.1) is 0 Å². The summed E-state index contributed by atoms with van der Waals surface area (Å²) >= 11 is 0. The molecule has 0 spiro atoms. The summed E-state index contributed by atoms with van der Waals surface area (Å²) in [6.07, 6.45) is 0. The van der Waals surface area contributed by atoms with Gasteiger partial charge in [0.25, 0.3) is 0 Å². The fourth-order valence-corrected chi connectivity index (χ4v) is 1.94. The van der Waals surface area contributed by atoms with Gasteiger partial charge in [0.15, 0.2) is 0 Å². The van der Waals surface area contributed by atoms with E-state index >= 15 is 0 Å². The molecule has 0 bridgehead atoms. The van der Waals surface area contributed by atoms with Gasteiger partial charge in [0, 0.05) is 25.2 Å². The molecule has 0 saturated carbocycles. The number of morpholine rings is 1. The van der Waals surface area contributed by atoms with Crippen molar-refractivity contribution >= 4 is 5.91 Å². The highest BCUT2D eigenvalue weighted by atomic mass is 16.5. The van der Waals surface area contributed by atoms with E-state index in [-0.39, 0.29) is 24.0 Å². The van der Waals surface area contributed by atoms with E-state index < -0.39 is 0 Å². The van der Waals surface area contributed by atoms with E-state index in [1.807, 2.05) is 20.8 Å². The first-order valence-corrected chi connectivity index (χ1v) is 5.90. The summed E-state index contributed by atoms with van der Waals surface area (Å²) in [7, 11) is 0. The van der Waals surface area contributed by atoms with E-state index in [9.17, 15) is 4.79 Å². The Hall–Kier alpha value is -0.650. The number of hydrogen-bond acceptors (Lipinski definition) is 4. The third kappa shape index (κ3) is 3.43. The fourth-order valence-electron chi connectivity index (χ4n) is 1.94. The van der Waals surface area contributed by atoms with Crippen LogP contribution in [0.1, 0.15) is 20.8 Å². The second-order valence-corrected chi connectivity index (χ2v) is 4.54. The molecule has 2 atom stereocenters. The van der Waals surface area contributed by atoms with Crippen molar-refractivity contribution in [2.45, 2.75) is 38.9 Å². The molecule has 1 saturated heterocycles. The first kappa shape index (κ1) is 13.4. The molecule has 1 amide bonds. The molecule has 1 aliphatic heterocycles. The average molecular weight is 229 g/mol. The number of hydrogen-bond donors (Lipinski definition) is 2. The monoisotopic (exact) mass is 229 g/mol. The maximum Gasteiger partial charge on any atom is 0.237 e. The highest BCUT2D eigenvalue weighted by Gasteiger charge is 2.29. The predicted molar refractivity (Wildman–Crippen MR) is 63.1 cm³/mol. The van der Waals surface area contributed by atoms with E-state index in [0.717, 1.165) is 6.54 Å². The lowest BCUT2D eigenvalue weighted by Gasteiger charge is -2.38. The molecule has 1 aliphatic rings. The Morgan fingerprint density at radius 2 is 2.25 bits per heavy atom. The van der Waals surface area contributed by atoms with Crippen LogP contribution in [0.4, 0.5) is 0 Å². The molecule has 0 radical (unpaired) electrons. The molecule has 0 aromatic heterocycles. The van der Waals surface area contributed by atoms with Gasteiger partial charge in [0.05, 0.1) is 19.3 Å². The Labute approximate surface area is 97.3 Å². The van der Waals surface area contributed by atoms with Crippen molar-refractivity contribution in [1.82, 2.24) is 10.2 Å². The molecule has 0 aromatic rings. The number of nitrogens with zero attached hydrogens (tertiary/aromatic N) is 1. The van der Waals surface area contributed by atoms with E-state index in [1.165, 1.54) is 0 Å². The number of amides is 1. The molecule has 5 heteroatoms. The van der Waals surface area contributed by atoms with Crippen molar-refractivity contribution in [3.63, 3.8) is 0 Å². The Bertz CT molecular complexity index is 233. The van der Waals surface area contributed by atoms with Gasteiger partial charge in [-0.1, -0.05) is 0 Å². The van der Waals surface area contributed by atoms with Crippen molar-refractivity contribution in [2.24, 2.45) is 5.73 Å². The van der Waals surface area contributed by atoms with Gasteiger partial charge in [0.2, 0.25) is 5.91 Å². The van der Waals surface area contributed by atoms with E-state index in [0.29, 0.717) is 19.8 Å². The third-order valence-electron chi connectivity index (χ3n) is 2.85. The van der Waals surface area contributed by atoms with Gasteiger partial charge in [-0.2, -0.15) is 0 Å². The van der Waals surface area contributed by atoms with Gasteiger partial charge in [-0.25, -0.2) is 0 Å². The second-order valence-electron chi connectivity index (χ2n) is 4.54. The molecule has 0 aliphatic carbocycles. The smallest absolute Gasteiger partial charge is 0.237 e. The zero-order valence-corrected chi connectivity index (χ0v) is 10.4. The summed E-state index contributed by atoms with van der Waals surface area (Å²) in [5.41, 5.74) is 5.68. The van der Waals surface area contributed by atoms with Crippen molar-refractivity contribution in [3.8, 4) is 0 Å². The molecule has 5 nitrogen and oxygen atoms in total. The Balaban J connectivity index is 2.56. The Morgan fingerprint density at radius 3 is 2.81 bits per heavy atom. The molecule has 1 fully saturated rings. The zero-order chi connectivity index (χ0) is 12.1. The van der Waals surface area contributed by atoms with Crippen LogP contribution in [0.15, 0.2) is 0 Å². The minimum absolute atomic E-state index is 0.0651. The van der Waals surface area contributed by atoms with E-state index in [1.54, 1.807) is 0 Å². The molecule has 16 heavy (non-hydrogen) atoms. The summed E-state index contributed by atoms with van der Waals surface area (Å²) in [5.74, 6) is 0.0651. The molecule has 94 valence electrons. The average Bonchev–Trinajstić information content (AvgIpc) is 2.27. The highest BCUT2D eigenvalue weighted by Crippen LogP contribution is 2.10. The van der Waals surface area contributed by atoms with Gasteiger partial charge in [-0.15, -0.1) is 0 Å². The molecule has 3 N–H and O–H groups in total. The first-order chi connectivity index (χ1) is 7.56. The molecule has 1 rings (SSSR count). The third-order valence-corrected chi connectivity index (χ3v) is 2.85. The highest BCUT2D eigenvalue weighted by molar-refractivity contribution is 5.81. The maximum atomic E-state index is 11.9. The molecular weight excluding hydrogens is 206 g/mol. The Morgan fingerprint density at radius 1 is 1.56 bits per heavy atom. The topological polar surface area (TPSA) is 67.6 Å². The number of carbonyl (C=O) groups excluding carboxylic acids is 1. The predicted octanol–water partition coefficient (Wildman–Crippen LogP) is -0.441. The summed E-state index contributed by atoms with van der Waals surface area (Å²) in [6.45, 7) is 8.44. The van der Waals surface area contributed by atoms with Crippen LogP contribution in [-0.4, -0.2) is 55.2 Å². The van der Waals surface area contributed by atoms with Gasteiger partial charge >= 0.3 is 0 Å². The lowest BCUT2D eigenvalue weighted by atomic mass is 10.1. The summed E-state index contributed by atoms with van der Waals surface area (Å²) in [5, 5.41) is 2.92. The second kappa shape index (κ2) is 6.18. The van der Waals surface area contributed by atoms with Crippen LogP contribution in [0.25, 0.3) is 0 Å². The van der Waals surface area contributed by atoms with Gasteiger partial charge in [-0.05, 0) is 20.8 Å². The van der Waals surface area contributed by atoms with Crippen LogP contribution >= 0.6 is 0 Å². The van der Waals surface area contributed by atoms with Crippen molar-refractivity contribution in [3.05, 3.63) is 0 Å². The first-order valence-electron chi connectivity index (χ1n) is 5.90. The van der Waals surface area contributed by atoms with Crippen LogP contribution in [-0.2, 0) is 9.53 Å². The van der Waals surface area contributed by atoms with Crippen molar-refractivity contribution in [1.29, 1.82) is 0 Å². The minimum atomic E-state index is -0.139. The number of nitrogens with one attached hydrogen (secondary N) is 1. The van der Waals surface area contributed by atoms with Crippen LogP contribution in [0.2, 0.25) is 0 Å². The van der Waals surface area contributed by atoms with Gasteiger partial charge in [0.1, 0.15) is 0 Å². The van der Waals surface area contributed by atoms with Gasteiger partial charge < -0.3 is 15.8 Å². The number of rotatable bonds is 4. The molecule has 1 heterocycles. The minimum Gasteiger partial charge on any atom is -0.378 e. The van der Waals surface area contributed by atoms with E-state index in [4.69, 9.17) is 10.5 Å². The number of carbonyl (C=O) groups is 1. The summed E-state index contributed by atoms with van der Waals surface area (Å²) in [6, 6.07) is 0.189. The van der Waals surface area contributed by atoms with Gasteiger partial charge in [-0.3, -0.25) is 9.69 Å².